The minimum atomic E-state index is -0.547. The molecule has 0 aliphatic rings. The van der Waals surface area contributed by atoms with Gasteiger partial charge in [0.25, 0.3) is 0 Å². The molecular weight excluding hydrogens is 245 g/mol. The van der Waals surface area contributed by atoms with Crippen LogP contribution in [-0.4, -0.2) is 4.98 Å². The van der Waals surface area contributed by atoms with Crippen LogP contribution in [0.5, 0.6) is 0 Å². The van der Waals surface area contributed by atoms with Gasteiger partial charge in [0.2, 0.25) is 0 Å². The summed E-state index contributed by atoms with van der Waals surface area (Å²) >= 11 is 0. The van der Waals surface area contributed by atoms with Gasteiger partial charge in [-0.05, 0) is 18.4 Å². The SMILES string of the molecule is CCc1[n-]c(=O)[nH]c(=O)c1CC.[Y]. The van der Waals surface area contributed by atoms with E-state index >= 15 is 0 Å². The molecule has 0 spiro atoms. The standard InChI is InChI=1S/C8H12N2O2.Y/c1-3-5-6(4-2)9-8(12)10-7(5)11;/h3-4H2,1-2H3,(H2,9,10,11,12);/p-1. The molecule has 13 heavy (non-hydrogen) atoms. The molecular formula is C8H11N2O2Y-. The van der Waals surface area contributed by atoms with Gasteiger partial charge in [-0.3, -0.25) is 9.59 Å². The maximum atomic E-state index is 11.2. The first-order valence-electron chi connectivity index (χ1n) is 3.98. The Balaban J connectivity index is 0.00000144. The molecule has 0 fully saturated rings. The summed E-state index contributed by atoms with van der Waals surface area (Å²) in [6, 6.07) is 0. The first-order valence-corrected chi connectivity index (χ1v) is 3.98. The first kappa shape index (κ1) is 12.8. The summed E-state index contributed by atoms with van der Waals surface area (Å²) in [5.74, 6) is 0. The van der Waals surface area contributed by atoms with Crippen molar-refractivity contribution in [2.45, 2.75) is 26.7 Å². The largest absolute Gasteiger partial charge is 0.404 e. The minimum absolute atomic E-state index is 0. The molecule has 0 unspecified atom stereocenters. The molecule has 1 aromatic rings. The molecule has 0 atom stereocenters. The van der Waals surface area contributed by atoms with Crippen molar-refractivity contribution in [1.82, 2.24) is 9.97 Å². The van der Waals surface area contributed by atoms with E-state index in [-0.39, 0.29) is 38.3 Å². The van der Waals surface area contributed by atoms with Crippen LogP contribution in [0, 0.1) is 0 Å². The van der Waals surface area contributed by atoms with E-state index in [1.165, 1.54) is 0 Å². The molecule has 0 aliphatic heterocycles. The second-order valence-corrected chi connectivity index (χ2v) is 2.50. The molecule has 1 N–H and O–H groups in total. The number of aromatic amines is 1. The van der Waals surface area contributed by atoms with Crippen LogP contribution in [0.15, 0.2) is 9.59 Å². The van der Waals surface area contributed by atoms with Crippen molar-refractivity contribution < 1.29 is 32.7 Å². The second kappa shape index (κ2) is 5.50. The number of nitrogens with zero attached hydrogens (tertiary/aromatic N) is 1. The quantitative estimate of drug-likeness (QED) is 0.798. The number of nitrogens with one attached hydrogen (secondary N) is 1. The molecule has 0 saturated heterocycles. The van der Waals surface area contributed by atoms with Crippen LogP contribution in [0.25, 0.3) is 0 Å². The van der Waals surface area contributed by atoms with Gasteiger partial charge in [0, 0.05) is 32.7 Å². The molecule has 5 heteroatoms. The minimum Gasteiger partial charge on any atom is -0.404 e. The fraction of sp³-hybridized carbons (Fsp3) is 0.500. The predicted molar refractivity (Wildman–Crippen MR) is 45.4 cm³/mol. The molecule has 1 rings (SSSR count). The Kier molecular flexibility index (Phi) is 5.41. The van der Waals surface area contributed by atoms with Crippen LogP contribution in [0.2, 0.25) is 0 Å². The Morgan fingerprint density at radius 1 is 1.23 bits per heavy atom. The van der Waals surface area contributed by atoms with Gasteiger partial charge >= 0.3 is 0 Å². The van der Waals surface area contributed by atoms with Gasteiger partial charge in [-0.15, -0.1) is 0 Å². The zero-order valence-electron chi connectivity index (χ0n) is 7.76. The molecule has 1 aromatic heterocycles. The second-order valence-electron chi connectivity index (χ2n) is 2.50. The zero-order valence-corrected chi connectivity index (χ0v) is 10.6. The fourth-order valence-electron chi connectivity index (χ4n) is 1.18. The molecule has 0 bridgehead atoms. The van der Waals surface area contributed by atoms with Gasteiger partial charge in [0.05, 0.1) is 0 Å². The van der Waals surface area contributed by atoms with Crippen molar-refractivity contribution in [3.63, 3.8) is 0 Å². The van der Waals surface area contributed by atoms with Gasteiger partial charge in [0.15, 0.2) is 11.2 Å². The van der Waals surface area contributed by atoms with Crippen LogP contribution in [0.3, 0.4) is 0 Å². The summed E-state index contributed by atoms with van der Waals surface area (Å²) in [5.41, 5.74) is 0.395. The Labute approximate surface area is 101 Å². The van der Waals surface area contributed by atoms with E-state index in [1.54, 1.807) is 0 Å². The number of hydrogen-bond donors (Lipinski definition) is 1. The number of aromatic nitrogens is 2. The van der Waals surface area contributed by atoms with Crippen LogP contribution in [-0.2, 0) is 45.6 Å². The number of hydrogen-bond acceptors (Lipinski definition) is 2. The fourth-order valence-corrected chi connectivity index (χ4v) is 1.18. The van der Waals surface area contributed by atoms with Gasteiger partial charge in [-0.1, -0.05) is 19.5 Å². The molecule has 69 valence electrons. The summed E-state index contributed by atoms with van der Waals surface area (Å²) in [5, 5.41) is 0. The van der Waals surface area contributed by atoms with Crippen molar-refractivity contribution in [1.29, 1.82) is 0 Å². The van der Waals surface area contributed by atoms with E-state index in [0.717, 1.165) is 0 Å². The topological polar surface area (TPSA) is 64.0 Å². The summed E-state index contributed by atoms with van der Waals surface area (Å²) in [4.78, 5) is 27.8. The number of aryl methyl sites for hydroxylation is 1. The Bertz CT molecular complexity index is 380. The van der Waals surface area contributed by atoms with E-state index in [9.17, 15) is 9.59 Å². The van der Waals surface area contributed by atoms with Gasteiger partial charge in [0.1, 0.15) is 0 Å². The van der Waals surface area contributed by atoms with Crippen molar-refractivity contribution in [2.75, 3.05) is 0 Å². The van der Waals surface area contributed by atoms with Gasteiger partial charge in [-0.2, -0.15) is 0 Å². The molecule has 0 aliphatic carbocycles. The zero-order chi connectivity index (χ0) is 9.14. The molecule has 0 saturated carbocycles. The smallest absolute Gasteiger partial charge is 0.174 e. The summed E-state index contributed by atoms with van der Waals surface area (Å²) in [6.45, 7) is 3.75. The van der Waals surface area contributed by atoms with Gasteiger partial charge < -0.3 is 9.97 Å². The van der Waals surface area contributed by atoms with E-state index in [2.05, 4.69) is 9.97 Å². The first-order chi connectivity index (χ1) is 5.69. The Hall–Kier alpha value is -0.216. The number of H-pyrrole nitrogens is 1. The molecule has 1 radical (unpaired) electrons. The van der Waals surface area contributed by atoms with E-state index < -0.39 is 5.69 Å². The van der Waals surface area contributed by atoms with Crippen molar-refractivity contribution in [3.05, 3.63) is 32.1 Å². The molecule has 1 heterocycles. The van der Waals surface area contributed by atoms with Gasteiger partial charge in [-0.25, -0.2) is 0 Å². The maximum absolute atomic E-state index is 11.2. The average Bonchev–Trinajstić information content (AvgIpc) is 2.03. The summed E-state index contributed by atoms with van der Waals surface area (Å²) in [6.07, 6.45) is 1.24. The summed E-state index contributed by atoms with van der Waals surface area (Å²) in [7, 11) is 0. The summed E-state index contributed by atoms with van der Waals surface area (Å²) < 4.78 is 0. The van der Waals surface area contributed by atoms with E-state index in [4.69, 9.17) is 0 Å². The average molecular weight is 256 g/mol. The Morgan fingerprint density at radius 2 is 1.85 bits per heavy atom. The van der Waals surface area contributed by atoms with Crippen LogP contribution < -0.4 is 16.2 Å². The van der Waals surface area contributed by atoms with Crippen LogP contribution in [0.1, 0.15) is 25.1 Å². The molecule has 0 amide bonds. The van der Waals surface area contributed by atoms with Crippen LogP contribution >= 0.6 is 0 Å². The van der Waals surface area contributed by atoms with Crippen molar-refractivity contribution in [3.8, 4) is 0 Å². The van der Waals surface area contributed by atoms with E-state index in [1.807, 2.05) is 13.8 Å². The van der Waals surface area contributed by atoms with Crippen molar-refractivity contribution >= 4 is 0 Å². The third-order valence-electron chi connectivity index (χ3n) is 1.77. The van der Waals surface area contributed by atoms with Crippen LogP contribution in [0.4, 0.5) is 0 Å². The third-order valence-corrected chi connectivity index (χ3v) is 1.77. The maximum Gasteiger partial charge on any atom is 0.174 e. The van der Waals surface area contributed by atoms with E-state index in [0.29, 0.717) is 24.1 Å². The van der Waals surface area contributed by atoms with Crippen molar-refractivity contribution in [2.24, 2.45) is 0 Å². The molecule has 4 nitrogen and oxygen atoms in total. The monoisotopic (exact) mass is 256 g/mol. The third kappa shape index (κ3) is 2.88. The number of rotatable bonds is 2. The molecule has 0 aromatic carbocycles. The normalized spacial score (nSPS) is 9.38. The predicted octanol–water partition coefficient (Wildman–Crippen LogP) is -0.185. The Morgan fingerprint density at radius 3 is 2.31 bits per heavy atom.